The number of alkyl halides is 2. The second kappa shape index (κ2) is 7.32. The lowest BCUT2D eigenvalue weighted by Crippen LogP contribution is -2.22. The predicted octanol–water partition coefficient (Wildman–Crippen LogP) is 3.26. The van der Waals surface area contributed by atoms with Crippen molar-refractivity contribution in [2.75, 3.05) is 5.32 Å². The van der Waals surface area contributed by atoms with E-state index in [-0.39, 0.29) is 16.9 Å². The number of rotatable bonds is 6. The molecule has 1 heterocycles. The molecule has 1 unspecified atom stereocenters. The summed E-state index contributed by atoms with van der Waals surface area (Å²) in [5.41, 5.74) is 2.10. The van der Waals surface area contributed by atoms with Gasteiger partial charge in [0.1, 0.15) is 11.3 Å². The van der Waals surface area contributed by atoms with Crippen molar-refractivity contribution in [2.24, 2.45) is 0 Å². The lowest BCUT2D eigenvalue weighted by atomic mass is 10.3. The van der Waals surface area contributed by atoms with Crippen LogP contribution in [0.5, 0.6) is 5.75 Å². The van der Waals surface area contributed by atoms with Crippen LogP contribution in [-0.4, -0.2) is 28.0 Å². The molecule has 0 spiro atoms. The van der Waals surface area contributed by atoms with Crippen molar-refractivity contribution in [3.63, 3.8) is 0 Å². The van der Waals surface area contributed by atoms with Crippen molar-refractivity contribution in [1.29, 1.82) is 0 Å². The third-order valence-corrected chi connectivity index (χ3v) is 4.25. The number of carbonyl (C=O) groups is 1. The van der Waals surface area contributed by atoms with E-state index in [0.717, 1.165) is 0 Å². The molecule has 0 radical (unpaired) electrons. The SMILES string of the molecule is CC(Sc1nncs1)C(=O)Nc1ccc(OC(F)F)cc1. The number of hydrogen-bond donors (Lipinski definition) is 1. The standard InChI is InChI=1S/C12H11F2N3O2S2/c1-7(21-12-17-15-6-20-12)10(18)16-8-2-4-9(5-3-8)19-11(13)14/h2-7,11H,1H3,(H,16,18). The van der Waals surface area contributed by atoms with Gasteiger partial charge in [-0.1, -0.05) is 23.1 Å². The van der Waals surface area contributed by atoms with Gasteiger partial charge in [0, 0.05) is 5.69 Å². The molecule has 0 saturated carbocycles. The summed E-state index contributed by atoms with van der Waals surface area (Å²) in [7, 11) is 0. The zero-order valence-corrected chi connectivity index (χ0v) is 12.5. The molecule has 2 aromatic rings. The molecule has 0 aliphatic rings. The Balaban J connectivity index is 1.89. The van der Waals surface area contributed by atoms with Crippen LogP contribution in [-0.2, 0) is 4.79 Å². The number of aromatic nitrogens is 2. The number of carbonyl (C=O) groups excluding carboxylic acids is 1. The third kappa shape index (κ3) is 4.94. The summed E-state index contributed by atoms with van der Waals surface area (Å²) in [4.78, 5) is 12.0. The van der Waals surface area contributed by atoms with Crippen LogP contribution in [0.1, 0.15) is 6.92 Å². The summed E-state index contributed by atoms with van der Waals surface area (Å²) >= 11 is 2.65. The zero-order chi connectivity index (χ0) is 15.2. The molecule has 1 aromatic heterocycles. The van der Waals surface area contributed by atoms with Crippen molar-refractivity contribution in [3.8, 4) is 5.75 Å². The monoisotopic (exact) mass is 331 g/mol. The van der Waals surface area contributed by atoms with Crippen LogP contribution in [0.3, 0.4) is 0 Å². The van der Waals surface area contributed by atoms with Crippen molar-refractivity contribution >= 4 is 34.7 Å². The van der Waals surface area contributed by atoms with Crippen molar-refractivity contribution in [2.45, 2.75) is 23.1 Å². The summed E-state index contributed by atoms with van der Waals surface area (Å²) in [5, 5.41) is 9.88. The second-order valence-corrected chi connectivity index (χ2v) is 6.28. The van der Waals surface area contributed by atoms with Crippen molar-refractivity contribution in [1.82, 2.24) is 10.2 Å². The molecule has 0 bridgehead atoms. The molecule has 2 rings (SSSR count). The molecule has 0 saturated heterocycles. The quantitative estimate of drug-likeness (QED) is 0.823. The van der Waals surface area contributed by atoms with Crippen LogP contribution in [0, 0.1) is 0 Å². The lowest BCUT2D eigenvalue weighted by molar-refractivity contribution is -0.115. The summed E-state index contributed by atoms with van der Waals surface area (Å²) in [5.74, 6) is -0.169. The van der Waals surface area contributed by atoms with Gasteiger partial charge in [-0.15, -0.1) is 10.2 Å². The minimum Gasteiger partial charge on any atom is -0.435 e. The zero-order valence-electron chi connectivity index (χ0n) is 10.8. The molecule has 1 N–H and O–H groups in total. The highest BCUT2D eigenvalue weighted by Crippen LogP contribution is 2.25. The molecule has 1 amide bonds. The Morgan fingerprint density at radius 1 is 1.38 bits per heavy atom. The van der Waals surface area contributed by atoms with Gasteiger partial charge in [-0.25, -0.2) is 0 Å². The Kier molecular flexibility index (Phi) is 5.45. The number of amides is 1. The average Bonchev–Trinajstić information content (AvgIpc) is 2.93. The number of halogens is 2. The first kappa shape index (κ1) is 15.6. The number of hydrogen-bond acceptors (Lipinski definition) is 6. The first-order valence-corrected chi connectivity index (χ1v) is 7.59. The molecular weight excluding hydrogens is 320 g/mol. The number of nitrogens with one attached hydrogen (secondary N) is 1. The Morgan fingerprint density at radius 3 is 2.67 bits per heavy atom. The van der Waals surface area contributed by atoms with E-state index in [1.165, 1.54) is 47.4 Å². The Morgan fingerprint density at radius 2 is 2.10 bits per heavy atom. The summed E-state index contributed by atoms with van der Waals surface area (Å²) in [6, 6.07) is 5.73. The molecule has 5 nitrogen and oxygen atoms in total. The number of thioether (sulfide) groups is 1. The van der Waals surface area contributed by atoms with E-state index in [1.54, 1.807) is 12.4 Å². The molecular formula is C12H11F2N3O2S2. The fourth-order valence-electron chi connectivity index (χ4n) is 1.38. The highest BCUT2D eigenvalue weighted by atomic mass is 32.2. The molecule has 0 aliphatic heterocycles. The van der Waals surface area contributed by atoms with Crippen LogP contribution in [0.2, 0.25) is 0 Å². The normalized spacial score (nSPS) is 12.2. The van der Waals surface area contributed by atoms with E-state index in [2.05, 4.69) is 20.3 Å². The van der Waals surface area contributed by atoms with Crippen LogP contribution in [0.15, 0.2) is 34.1 Å². The minimum atomic E-state index is -2.87. The van der Waals surface area contributed by atoms with Gasteiger partial charge >= 0.3 is 6.61 Å². The molecule has 0 aliphatic carbocycles. The average molecular weight is 331 g/mol. The summed E-state index contributed by atoms with van der Waals surface area (Å²) < 4.78 is 29.0. The first-order chi connectivity index (χ1) is 10.0. The van der Waals surface area contributed by atoms with Gasteiger partial charge in [0.25, 0.3) is 0 Å². The largest absolute Gasteiger partial charge is 0.435 e. The highest BCUT2D eigenvalue weighted by Gasteiger charge is 2.16. The maximum atomic E-state index is 12.0. The Hall–Kier alpha value is -1.74. The van der Waals surface area contributed by atoms with Crippen molar-refractivity contribution in [3.05, 3.63) is 29.8 Å². The van der Waals surface area contributed by atoms with Gasteiger partial charge in [-0.2, -0.15) is 8.78 Å². The minimum absolute atomic E-state index is 0.0410. The van der Waals surface area contributed by atoms with E-state index in [1.807, 2.05) is 0 Å². The molecule has 0 fully saturated rings. The Labute approximate surface area is 127 Å². The molecule has 21 heavy (non-hydrogen) atoms. The predicted molar refractivity (Wildman–Crippen MR) is 76.9 cm³/mol. The lowest BCUT2D eigenvalue weighted by Gasteiger charge is -2.11. The van der Waals surface area contributed by atoms with Gasteiger partial charge in [0.2, 0.25) is 5.91 Å². The maximum Gasteiger partial charge on any atom is 0.387 e. The third-order valence-electron chi connectivity index (χ3n) is 2.33. The first-order valence-electron chi connectivity index (χ1n) is 5.83. The highest BCUT2D eigenvalue weighted by molar-refractivity contribution is 8.02. The molecule has 1 aromatic carbocycles. The Bertz CT molecular complexity index is 579. The second-order valence-electron chi connectivity index (χ2n) is 3.86. The van der Waals surface area contributed by atoms with Gasteiger partial charge in [-0.05, 0) is 31.2 Å². The van der Waals surface area contributed by atoms with E-state index < -0.39 is 6.61 Å². The maximum absolute atomic E-state index is 12.0. The molecule has 9 heteroatoms. The van der Waals surface area contributed by atoms with Crippen LogP contribution >= 0.6 is 23.1 Å². The number of anilines is 1. The fraction of sp³-hybridized carbons (Fsp3) is 0.250. The van der Waals surface area contributed by atoms with Gasteiger partial charge in [0.15, 0.2) is 4.34 Å². The number of benzene rings is 1. The summed E-state index contributed by atoms with van der Waals surface area (Å²) in [6.07, 6.45) is 0. The number of nitrogens with zero attached hydrogens (tertiary/aromatic N) is 2. The number of ether oxygens (including phenoxy) is 1. The van der Waals surface area contributed by atoms with Crippen LogP contribution < -0.4 is 10.1 Å². The van der Waals surface area contributed by atoms with Gasteiger partial charge in [0.05, 0.1) is 5.25 Å². The topological polar surface area (TPSA) is 64.1 Å². The van der Waals surface area contributed by atoms with Crippen molar-refractivity contribution < 1.29 is 18.3 Å². The molecule has 1 atom stereocenters. The van der Waals surface area contributed by atoms with Crippen LogP contribution in [0.4, 0.5) is 14.5 Å². The van der Waals surface area contributed by atoms with E-state index in [4.69, 9.17) is 0 Å². The van der Waals surface area contributed by atoms with Gasteiger partial charge < -0.3 is 10.1 Å². The van der Waals surface area contributed by atoms with Gasteiger partial charge in [-0.3, -0.25) is 4.79 Å². The smallest absolute Gasteiger partial charge is 0.387 e. The molecule has 112 valence electrons. The van der Waals surface area contributed by atoms with E-state index in [9.17, 15) is 13.6 Å². The fourth-order valence-corrected chi connectivity index (χ4v) is 3.01. The van der Waals surface area contributed by atoms with E-state index >= 15 is 0 Å². The summed E-state index contributed by atoms with van der Waals surface area (Å²) in [6.45, 7) is -1.12. The van der Waals surface area contributed by atoms with Crippen LogP contribution in [0.25, 0.3) is 0 Å². The van der Waals surface area contributed by atoms with E-state index in [0.29, 0.717) is 10.0 Å².